The molecule has 9 nitrogen and oxygen atoms in total. The summed E-state index contributed by atoms with van der Waals surface area (Å²) in [5, 5.41) is 14.1. The lowest BCUT2D eigenvalue weighted by molar-refractivity contribution is -0.134. The van der Waals surface area contributed by atoms with Gasteiger partial charge in [0.25, 0.3) is 0 Å². The van der Waals surface area contributed by atoms with Crippen molar-refractivity contribution < 1.29 is 19.0 Å². The van der Waals surface area contributed by atoms with Crippen LogP contribution in [-0.4, -0.2) is 94.6 Å². The molecule has 0 aliphatic carbocycles. The molecule has 37 heavy (non-hydrogen) atoms. The van der Waals surface area contributed by atoms with E-state index in [1.807, 2.05) is 4.90 Å². The number of halogens is 2. The summed E-state index contributed by atoms with van der Waals surface area (Å²) in [6, 6.07) is 7.70. The number of carbonyl (C=O) groups excluding carboxylic acids is 1. The first-order valence-corrected chi connectivity index (χ1v) is 12.8. The number of piperazine rings is 1. The number of phenolic OH excluding ortho intramolecular Hbond substituents is 1. The largest absolute Gasteiger partial charge is 0.504 e. The number of fused-ring (bicyclic) bond motifs is 1. The lowest BCUT2D eigenvalue weighted by Gasteiger charge is -2.34. The standard InChI is InChI=1S/C26H30ClFN6O3/c1-32-8-10-33(11-9-32)14-24(36)34-7-3-4-17(34)15-37-23-12-18-21(13-22(23)35)29-16-30-26(18)31-20-6-2-5-19(27)25(20)28/h2,5-6,12-13,16-17,35H,3-4,7-11,14-15H2,1H3,(H,29,30,31)/t17-/m0/s1. The minimum atomic E-state index is -0.589. The average molecular weight is 529 g/mol. The van der Waals surface area contributed by atoms with E-state index in [0.717, 1.165) is 39.0 Å². The number of hydrogen-bond acceptors (Lipinski definition) is 8. The zero-order valence-corrected chi connectivity index (χ0v) is 21.4. The zero-order valence-electron chi connectivity index (χ0n) is 20.7. The van der Waals surface area contributed by atoms with Crippen LogP contribution in [0.3, 0.4) is 0 Å². The van der Waals surface area contributed by atoms with E-state index in [2.05, 4.69) is 32.1 Å². The van der Waals surface area contributed by atoms with Gasteiger partial charge in [-0.05, 0) is 38.1 Å². The Labute approximate surface area is 219 Å². The summed E-state index contributed by atoms with van der Waals surface area (Å²) < 4.78 is 20.5. The van der Waals surface area contributed by atoms with Crippen LogP contribution in [0.2, 0.25) is 5.02 Å². The van der Waals surface area contributed by atoms with Crippen LogP contribution in [0.4, 0.5) is 15.9 Å². The highest BCUT2D eigenvalue weighted by Gasteiger charge is 2.31. The molecule has 196 valence electrons. The van der Waals surface area contributed by atoms with Crippen LogP contribution in [0, 0.1) is 5.82 Å². The number of ether oxygens (including phenoxy) is 1. The fraction of sp³-hybridized carbons (Fsp3) is 0.423. The minimum Gasteiger partial charge on any atom is -0.504 e. The lowest BCUT2D eigenvalue weighted by Crippen LogP contribution is -2.50. The number of aromatic nitrogens is 2. The molecular formula is C26H30ClFN6O3. The summed E-state index contributed by atoms with van der Waals surface area (Å²) in [4.78, 5) is 27.8. The van der Waals surface area contributed by atoms with Crippen molar-refractivity contribution in [2.75, 3.05) is 58.2 Å². The molecule has 11 heteroatoms. The predicted molar refractivity (Wildman–Crippen MR) is 140 cm³/mol. The first kappa shape index (κ1) is 25.4. The molecule has 0 spiro atoms. The van der Waals surface area contributed by atoms with E-state index in [0.29, 0.717) is 29.8 Å². The van der Waals surface area contributed by atoms with E-state index < -0.39 is 5.82 Å². The Morgan fingerprint density at radius 3 is 2.84 bits per heavy atom. The predicted octanol–water partition coefficient (Wildman–Crippen LogP) is 3.49. The molecule has 3 heterocycles. The van der Waals surface area contributed by atoms with Crippen LogP contribution in [0.15, 0.2) is 36.7 Å². The summed E-state index contributed by atoms with van der Waals surface area (Å²) >= 11 is 5.91. The highest BCUT2D eigenvalue weighted by Crippen LogP contribution is 2.35. The van der Waals surface area contributed by atoms with E-state index in [4.69, 9.17) is 16.3 Å². The van der Waals surface area contributed by atoms with Crippen molar-refractivity contribution >= 4 is 39.9 Å². The second-order valence-electron chi connectivity index (χ2n) is 9.56. The highest BCUT2D eigenvalue weighted by atomic mass is 35.5. The van der Waals surface area contributed by atoms with Gasteiger partial charge in [-0.15, -0.1) is 0 Å². The number of phenols is 1. The topological polar surface area (TPSA) is 94.1 Å². The molecule has 1 aromatic heterocycles. The molecule has 1 atom stereocenters. The van der Waals surface area contributed by atoms with Crippen LogP contribution >= 0.6 is 11.6 Å². The van der Waals surface area contributed by atoms with Crippen LogP contribution in [0.1, 0.15) is 12.8 Å². The minimum absolute atomic E-state index is 0.00619. The lowest BCUT2D eigenvalue weighted by atomic mass is 10.2. The number of anilines is 2. The number of rotatable bonds is 7. The molecule has 3 aromatic rings. The molecule has 2 aromatic carbocycles. The number of nitrogens with one attached hydrogen (secondary N) is 1. The first-order valence-electron chi connectivity index (χ1n) is 12.4. The summed E-state index contributed by atoms with van der Waals surface area (Å²) in [6.07, 6.45) is 3.08. The Hall–Kier alpha value is -3.21. The van der Waals surface area contributed by atoms with E-state index in [1.165, 1.54) is 18.5 Å². The smallest absolute Gasteiger partial charge is 0.237 e. The van der Waals surface area contributed by atoms with Gasteiger partial charge < -0.3 is 25.0 Å². The molecule has 0 saturated carbocycles. The van der Waals surface area contributed by atoms with Crippen molar-refractivity contribution in [2.45, 2.75) is 18.9 Å². The number of carbonyl (C=O) groups is 1. The van der Waals surface area contributed by atoms with Crippen LogP contribution < -0.4 is 10.1 Å². The Morgan fingerprint density at radius 2 is 2.03 bits per heavy atom. The molecule has 2 saturated heterocycles. The van der Waals surface area contributed by atoms with Gasteiger partial charge in [0.2, 0.25) is 5.91 Å². The first-order chi connectivity index (χ1) is 17.9. The van der Waals surface area contributed by atoms with E-state index >= 15 is 0 Å². The summed E-state index contributed by atoms with van der Waals surface area (Å²) in [6.45, 7) is 5.08. The van der Waals surface area contributed by atoms with Crippen molar-refractivity contribution in [3.05, 3.63) is 47.5 Å². The third kappa shape index (κ3) is 5.71. The van der Waals surface area contributed by atoms with Gasteiger partial charge in [-0.1, -0.05) is 17.7 Å². The SMILES string of the molecule is CN1CCN(CC(=O)N2CCC[C@H]2COc2cc3c(Nc4cccc(Cl)c4F)ncnc3cc2O)CC1. The number of hydrogen-bond donors (Lipinski definition) is 2. The van der Waals surface area contributed by atoms with Crippen molar-refractivity contribution in [3.8, 4) is 11.5 Å². The van der Waals surface area contributed by atoms with Crippen LogP contribution in [-0.2, 0) is 4.79 Å². The van der Waals surface area contributed by atoms with E-state index in [1.54, 1.807) is 18.2 Å². The second-order valence-corrected chi connectivity index (χ2v) is 9.97. The van der Waals surface area contributed by atoms with E-state index in [-0.39, 0.29) is 40.8 Å². The summed E-state index contributed by atoms with van der Waals surface area (Å²) in [5.74, 6) is 0.0473. The molecule has 2 aliphatic rings. The number of nitrogens with zero attached hydrogens (tertiary/aromatic N) is 5. The summed E-state index contributed by atoms with van der Waals surface area (Å²) in [7, 11) is 2.09. The Balaban J connectivity index is 1.29. The quantitative estimate of drug-likeness (QED) is 0.481. The van der Waals surface area contributed by atoms with Gasteiger partial charge in [-0.2, -0.15) is 0 Å². The van der Waals surface area contributed by atoms with Gasteiger partial charge in [-0.25, -0.2) is 14.4 Å². The molecule has 2 N–H and O–H groups in total. The molecule has 0 bridgehead atoms. The fourth-order valence-electron chi connectivity index (χ4n) is 4.83. The zero-order chi connectivity index (χ0) is 25.9. The maximum absolute atomic E-state index is 14.5. The molecule has 5 rings (SSSR count). The monoisotopic (exact) mass is 528 g/mol. The van der Waals surface area contributed by atoms with E-state index in [9.17, 15) is 14.3 Å². The average Bonchev–Trinajstić information content (AvgIpc) is 3.36. The molecule has 2 aliphatic heterocycles. The van der Waals surface area contributed by atoms with Crippen molar-refractivity contribution in [1.82, 2.24) is 24.7 Å². The Morgan fingerprint density at radius 1 is 1.22 bits per heavy atom. The molecular weight excluding hydrogens is 499 g/mol. The van der Waals surface area contributed by atoms with Crippen LogP contribution in [0.5, 0.6) is 11.5 Å². The number of likely N-dealkylation sites (N-methyl/N-ethyl adjacent to an activating group) is 1. The third-order valence-corrected chi connectivity index (χ3v) is 7.30. The Bertz CT molecular complexity index is 1290. The van der Waals surface area contributed by atoms with Gasteiger partial charge in [-0.3, -0.25) is 9.69 Å². The van der Waals surface area contributed by atoms with Crippen molar-refractivity contribution in [1.29, 1.82) is 0 Å². The summed E-state index contributed by atoms with van der Waals surface area (Å²) in [5.41, 5.74) is 0.637. The van der Waals surface area contributed by atoms with Gasteiger partial charge in [0, 0.05) is 44.2 Å². The second kappa shape index (κ2) is 11.0. The molecule has 0 unspecified atom stereocenters. The van der Waals surface area contributed by atoms with Crippen molar-refractivity contribution in [2.24, 2.45) is 0 Å². The van der Waals surface area contributed by atoms with Gasteiger partial charge >= 0.3 is 0 Å². The van der Waals surface area contributed by atoms with Gasteiger partial charge in [0.1, 0.15) is 18.8 Å². The molecule has 0 radical (unpaired) electrons. The number of amides is 1. The van der Waals surface area contributed by atoms with Gasteiger partial charge in [0.15, 0.2) is 17.3 Å². The third-order valence-electron chi connectivity index (χ3n) is 7.00. The number of aromatic hydroxyl groups is 1. The normalized spacial score (nSPS) is 18.9. The molecule has 2 fully saturated rings. The van der Waals surface area contributed by atoms with Crippen molar-refractivity contribution in [3.63, 3.8) is 0 Å². The van der Waals surface area contributed by atoms with Gasteiger partial charge in [0.05, 0.1) is 28.8 Å². The maximum Gasteiger partial charge on any atom is 0.237 e. The molecule has 1 amide bonds. The number of likely N-dealkylation sites (tertiary alicyclic amines) is 1. The maximum atomic E-state index is 14.5. The Kier molecular flexibility index (Phi) is 7.59. The highest BCUT2D eigenvalue weighted by molar-refractivity contribution is 6.31. The fourth-order valence-corrected chi connectivity index (χ4v) is 5.00. The van der Waals surface area contributed by atoms with Crippen LogP contribution in [0.25, 0.3) is 10.9 Å². The number of benzene rings is 2.